The first-order valence-electron chi connectivity index (χ1n) is 6.63. The number of nitrogens with one attached hydrogen (secondary N) is 1. The average Bonchev–Trinajstić information content (AvgIpc) is 2.89. The molecule has 21 heavy (non-hydrogen) atoms. The molecule has 1 unspecified atom stereocenters. The predicted molar refractivity (Wildman–Crippen MR) is 90.8 cm³/mol. The lowest BCUT2D eigenvalue weighted by molar-refractivity contribution is 0.492. The number of hydrogen-bond acceptors (Lipinski definition) is 2. The van der Waals surface area contributed by atoms with Crippen LogP contribution in [0.4, 0.5) is 8.78 Å². The maximum Gasteiger partial charge on any atom is 0.143 e. The standard InChI is InChI=1S/C15H15Br2F2NS/c1-2-6-20-13(15-11(17)5-7-21-15)8-9-12(18)4-3-10(16)14(9)19/h3-5,7,13,20H,2,6,8H2,1H3. The summed E-state index contributed by atoms with van der Waals surface area (Å²) in [5, 5.41) is 5.33. The lowest BCUT2D eigenvalue weighted by atomic mass is 10.0. The van der Waals surface area contributed by atoms with Crippen LogP contribution in [-0.2, 0) is 6.42 Å². The van der Waals surface area contributed by atoms with Crippen LogP contribution in [-0.4, -0.2) is 6.54 Å². The van der Waals surface area contributed by atoms with Gasteiger partial charge in [0, 0.05) is 21.0 Å². The Balaban J connectivity index is 2.32. The van der Waals surface area contributed by atoms with Gasteiger partial charge in [-0.3, -0.25) is 0 Å². The molecule has 1 nitrogen and oxygen atoms in total. The Morgan fingerprint density at radius 2 is 1.95 bits per heavy atom. The van der Waals surface area contributed by atoms with E-state index in [0.29, 0.717) is 4.47 Å². The molecule has 1 atom stereocenters. The summed E-state index contributed by atoms with van der Waals surface area (Å²) in [5.41, 5.74) is 0.110. The van der Waals surface area contributed by atoms with E-state index in [2.05, 4.69) is 44.1 Å². The summed E-state index contributed by atoms with van der Waals surface area (Å²) in [4.78, 5) is 1.06. The van der Waals surface area contributed by atoms with Gasteiger partial charge >= 0.3 is 0 Å². The Bertz CT molecular complexity index is 616. The third-order valence-corrected chi connectivity index (χ3v) is 5.75. The van der Waals surface area contributed by atoms with Gasteiger partial charge in [-0.15, -0.1) is 11.3 Å². The third-order valence-electron chi connectivity index (χ3n) is 3.15. The quantitative estimate of drug-likeness (QED) is 0.559. The summed E-state index contributed by atoms with van der Waals surface area (Å²) in [6.45, 7) is 2.86. The number of hydrogen-bond donors (Lipinski definition) is 1. The Labute approximate surface area is 144 Å². The van der Waals surface area contributed by atoms with E-state index in [9.17, 15) is 8.78 Å². The lowest BCUT2D eigenvalue weighted by Gasteiger charge is -2.19. The van der Waals surface area contributed by atoms with Crippen molar-refractivity contribution in [1.29, 1.82) is 0 Å². The summed E-state index contributed by atoms with van der Waals surface area (Å²) < 4.78 is 29.4. The molecule has 6 heteroatoms. The van der Waals surface area contributed by atoms with E-state index in [1.165, 1.54) is 12.1 Å². The molecule has 0 fully saturated rings. The highest BCUT2D eigenvalue weighted by Crippen LogP contribution is 2.33. The largest absolute Gasteiger partial charge is 0.309 e. The van der Waals surface area contributed by atoms with E-state index in [0.717, 1.165) is 22.3 Å². The summed E-state index contributed by atoms with van der Waals surface area (Å²) in [7, 11) is 0. The Hall–Kier alpha value is -0.300. The molecule has 0 saturated heterocycles. The van der Waals surface area contributed by atoms with Gasteiger partial charge in [-0.1, -0.05) is 6.92 Å². The zero-order chi connectivity index (χ0) is 15.4. The molecule has 0 amide bonds. The Morgan fingerprint density at radius 3 is 2.57 bits per heavy atom. The van der Waals surface area contributed by atoms with Crippen LogP contribution in [0.3, 0.4) is 0 Å². The van der Waals surface area contributed by atoms with E-state index in [4.69, 9.17) is 0 Å². The Morgan fingerprint density at radius 1 is 1.19 bits per heavy atom. The molecule has 2 rings (SSSR count). The van der Waals surface area contributed by atoms with Crippen molar-refractivity contribution < 1.29 is 8.78 Å². The fraction of sp³-hybridized carbons (Fsp3) is 0.333. The first-order valence-corrected chi connectivity index (χ1v) is 9.09. The van der Waals surface area contributed by atoms with Gasteiger partial charge in [-0.25, -0.2) is 8.78 Å². The predicted octanol–water partition coefficient (Wildman–Crippen LogP) is 5.83. The summed E-state index contributed by atoms with van der Waals surface area (Å²) in [6, 6.07) is 4.53. The van der Waals surface area contributed by atoms with Crippen molar-refractivity contribution in [3.63, 3.8) is 0 Å². The molecule has 0 spiro atoms. The van der Waals surface area contributed by atoms with Crippen LogP contribution in [0.2, 0.25) is 0 Å². The van der Waals surface area contributed by atoms with Crippen LogP contribution in [0.5, 0.6) is 0 Å². The van der Waals surface area contributed by atoms with Crippen LogP contribution in [0, 0.1) is 11.6 Å². The highest BCUT2D eigenvalue weighted by atomic mass is 79.9. The van der Waals surface area contributed by atoms with Gasteiger partial charge in [-0.2, -0.15) is 0 Å². The van der Waals surface area contributed by atoms with Crippen LogP contribution in [0.15, 0.2) is 32.5 Å². The molecule has 1 aromatic heterocycles. The van der Waals surface area contributed by atoms with Gasteiger partial charge < -0.3 is 5.32 Å². The minimum atomic E-state index is -0.522. The second kappa shape index (κ2) is 7.81. The van der Waals surface area contributed by atoms with Crippen molar-refractivity contribution >= 4 is 43.2 Å². The summed E-state index contributed by atoms with van der Waals surface area (Å²) in [6.07, 6.45) is 1.24. The van der Waals surface area contributed by atoms with Gasteiger partial charge in [0.15, 0.2) is 0 Å². The Kier molecular flexibility index (Phi) is 6.34. The number of rotatable bonds is 6. The minimum absolute atomic E-state index is 0.110. The van der Waals surface area contributed by atoms with Gasteiger partial charge in [0.2, 0.25) is 0 Å². The lowest BCUT2D eigenvalue weighted by Crippen LogP contribution is -2.24. The maximum absolute atomic E-state index is 14.2. The first-order chi connectivity index (χ1) is 10.0. The number of benzene rings is 1. The monoisotopic (exact) mass is 437 g/mol. The van der Waals surface area contributed by atoms with Crippen molar-refractivity contribution in [3.05, 3.63) is 54.6 Å². The number of halogens is 4. The fourth-order valence-electron chi connectivity index (χ4n) is 2.09. The smallest absolute Gasteiger partial charge is 0.143 e. The molecule has 114 valence electrons. The van der Waals surface area contributed by atoms with Crippen LogP contribution >= 0.6 is 43.2 Å². The normalized spacial score (nSPS) is 12.6. The van der Waals surface area contributed by atoms with Gasteiger partial charge in [0.1, 0.15) is 11.6 Å². The molecular weight excluding hydrogens is 424 g/mol. The highest BCUT2D eigenvalue weighted by molar-refractivity contribution is 9.10. The molecule has 1 N–H and O–H groups in total. The van der Waals surface area contributed by atoms with E-state index >= 15 is 0 Å². The molecule has 0 radical (unpaired) electrons. The molecule has 0 bridgehead atoms. The minimum Gasteiger partial charge on any atom is -0.309 e. The molecule has 0 saturated carbocycles. The second-order valence-electron chi connectivity index (χ2n) is 4.67. The van der Waals surface area contributed by atoms with Gasteiger partial charge in [0.25, 0.3) is 0 Å². The fourth-order valence-corrected chi connectivity index (χ4v) is 4.19. The second-order valence-corrected chi connectivity index (χ2v) is 7.32. The summed E-state index contributed by atoms with van der Waals surface area (Å²) >= 11 is 8.19. The zero-order valence-electron chi connectivity index (χ0n) is 11.4. The van der Waals surface area contributed by atoms with Crippen molar-refractivity contribution in [1.82, 2.24) is 5.32 Å². The van der Waals surface area contributed by atoms with Gasteiger partial charge in [0.05, 0.1) is 4.47 Å². The average molecular weight is 439 g/mol. The molecule has 0 aliphatic rings. The third kappa shape index (κ3) is 4.12. The van der Waals surface area contributed by atoms with Crippen molar-refractivity contribution in [2.24, 2.45) is 0 Å². The zero-order valence-corrected chi connectivity index (χ0v) is 15.4. The molecule has 0 aliphatic heterocycles. The SMILES string of the molecule is CCCNC(Cc1c(F)ccc(Br)c1F)c1sccc1Br. The molecule has 1 aromatic carbocycles. The van der Waals surface area contributed by atoms with Crippen molar-refractivity contribution in [3.8, 4) is 0 Å². The van der Waals surface area contributed by atoms with E-state index < -0.39 is 11.6 Å². The summed E-state index contributed by atoms with van der Waals surface area (Å²) in [5.74, 6) is -1.03. The van der Waals surface area contributed by atoms with Crippen molar-refractivity contribution in [2.75, 3.05) is 6.54 Å². The van der Waals surface area contributed by atoms with Crippen LogP contribution in [0.1, 0.15) is 29.8 Å². The van der Waals surface area contributed by atoms with Gasteiger partial charge in [-0.05, 0) is 74.8 Å². The maximum atomic E-state index is 14.2. The molecule has 1 heterocycles. The van der Waals surface area contributed by atoms with Crippen LogP contribution < -0.4 is 5.32 Å². The molecule has 2 aromatic rings. The molecular formula is C15H15Br2F2NS. The highest BCUT2D eigenvalue weighted by Gasteiger charge is 2.21. The van der Waals surface area contributed by atoms with E-state index in [1.807, 2.05) is 11.4 Å². The number of thiophene rings is 1. The van der Waals surface area contributed by atoms with E-state index in [1.54, 1.807) is 11.3 Å². The molecule has 0 aliphatic carbocycles. The van der Waals surface area contributed by atoms with Crippen LogP contribution in [0.25, 0.3) is 0 Å². The van der Waals surface area contributed by atoms with Crippen molar-refractivity contribution in [2.45, 2.75) is 25.8 Å². The topological polar surface area (TPSA) is 12.0 Å². The van der Waals surface area contributed by atoms with E-state index in [-0.39, 0.29) is 18.0 Å². The first kappa shape index (κ1) is 17.1.